The van der Waals surface area contributed by atoms with Crippen LogP contribution >= 0.6 is 11.6 Å². The first kappa shape index (κ1) is 9.46. The number of rotatable bonds is 1. The van der Waals surface area contributed by atoms with E-state index >= 15 is 0 Å². The summed E-state index contributed by atoms with van der Waals surface area (Å²) in [6.45, 7) is 0. The average molecular weight is 214 g/mol. The van der Waals surface area contributed by atoms with Crippen LogP contribution in [0.4, 0.5) is 4.39 Å². The Labute approximate surface area is 86.1 Å². The van der Waals surface area contributed by atoms with Crippen LogP contribution in [0.15, 0.2) is 18.2 Å². The van der Waals surface area contributed by atoms with E-state index in [0.717, 1.165) is 12.0 Å². The number of hydrogen-bond acceptors (Lipinski definition) is 1. The molecular weight excluding hydrogens is 205 g/mol. The molecule has 1 N–H and O–H groups in total. The monoisotopic (exact) mass is 213 g/mol. The summed E-state index contributed by atoms with van der Waals surface area (Å²) in [7, 11) is 0. The number of amides is 1. The van der Waals surface area contributed by atoms with Gasteiger partial charge in [0.15, 0.2) is 0 Å². The number of benzene rings is 1. The molecule has 1 atom stereocenters. The van der Waals surface area contributed by atoms with E-state index in [4.69, 9.17) is 11.6 Å². The molecule has 1 amide bonds. The minimum atomic E-state index is -0.431. The van der Waals surface area contributed by atoms with Crippen molar-refractivity contribution in [2.45, 2.75) is 18.9 Å². The fraction of sp³-hybridized carbons (Fsp3) is 0.300. The van der Waals surface area contributed by atoms with E-state index in [0.29, 0.717) is 6.42 Å². The van der Waals surface area contributed by atoms with Crippen molar-refractivity contribution in [1.29, 1.82) is 0 Å². The van der Waals surface area contributed by atoms with E-state index in [1.807, 2.05) is 0 Å². The first-order valence-electron chi connectivity index (χ1n) is 4.41. The highest BCUT2D eigenvalue weighted by atomic mass is 35.5. The van der Waals surface area contributed by atoms with Crippen molar-refractivity contribution in [1.82, 2.24) is 5.32 Å². The van der Waals surface area contributed by atoms with Crippen LogP contribution in [0, 0.1) is 5.82 Å². The normalized spacial score (nSPS) is 21.0. The van der Waals surface area contributed by atoms with Crippen molar-refractivity contribution in [3.63, 3.8) is 0 Å². The Kier molecular flexibility index (Phi) is 2.42. The zero-order valence-corrected chi connectivity index (χ0v) is 8.14. The third-order valence-corrected chi connectivity index (χ3v) is 2.63. The maximum absolute atomic E-state index is 12.8. The molecule has 1 aliphatic rings. The van der Waals surface area contributed by atoms with Crippen LogP contribution in [0.3, 0.4) is 0 Å². The fourth-order valence-corrected chi connectivity index (χ4v) is 1.78. The van der Waals surface area contributed by atoms with Gasteiger partial charge in [0.1, 0.15) is 5.82 Å². The Balaban J connectivity index is 2.24. The summed E-state index contributed by atoms with van der Waals surface area (Å²) in [5.74, 6) is -0.393. The first-order chi connectivity index (χ1) is 6.66. The van der Waals surface area contributed by atoms with Crippen LogP contribution in [-0.4, -0.2) is 5.91 Å². The molecule has 4 heteroatoms. The van der Waals surface area contributed by atoms with Crippen LogP contribution in [-0.2, 0) is 4.79 Å². The molecule has 0 aliphatic carbocycles. The van der Waals surface area contributed by atoms with Gasteiger partial charge in [0.25, 0.3) is 0 Å². The zero-order chi connectivity index (χ0) is 10.1. The summed E-state index contributed by atoms with van der Waals surface area (Å²) in [5, 5.41) is 2.90. The number of carbonyl (C=O) groups is 1. The zero-order valence-electron chi connectivity index (χ0n) is 7.39. The summed E-state index contributed by atoms with van der Waals surface area (Å²) in [6, 6.07) is 4.52. The minimum Gasteiger partial charge on any atom is -0.349 e. The maximum Gasteiger partial charge on any atom is 0.220 e. The fourth-order valence-electron chi connectivity index (χ4n) is 1.59. The van der Waals surface area contributed by atoms with Crippen LogP contribution < -0.4 is 5.32 Å². The van der Waals surface area contributed by atoms with E-state index in [-0.39, 0.29) is 17.0 Å². The number of nitrogens with one attached hydrogen (secondary N) is 1. The summed E-state index contributed by atoms with van der Waals surface area (Å²) in [5.41, 5.74) is 0.863. The predicted molar refractivity (Wildman–Crippen MR) is 51.5 cm³/mol. The van der Waals surface area contributed by atoms with Gasteiger partial charge in [0.05, 0.1) is 11.1 Å². The minimum absolute atomic E-state index is 0.0133. The molecule has 1 aliphatic heterocycles. The van der Waals surface area contributed by atoms with Crippen molar-refractivity contribution >= 4 is 17.5 Å². The van der Waals surface area contributed by atoms with Crippen molar-refractivity contribution in [2.24, 2.45) is 0 Å². The van der Waals surface area contributed by atoms with Gasteiger partial charge in [-0.15, -0.1) is 0 Å². The summed E-state index contributed by atoms with van der Waals surface area (Å²) >= 11 is 5.64. The van der Waals surface area contributed by atoms with Crippen molar-refractivity contribution < 1.29 is 9.18 Å². The standard InChI is InChI=1S/C10H9ClFNO/c11-7-5-6(1-2-8(7)12)9-3-4-10(14)13-9/h1-2,5,9H,3-4H2,(H,13,14)/t9-/m1/s1. The highest BCUT2D eigenvalue weighted by Crippen LogP contribution is 2.26. The molecule has 0 spiro atoms. The molecule has 1 fully saturated rings. The molecule has 1 heterocycles. The number of hydrogen-bond donors (Lipinski definition) is 1. The molecule has 74 valence electrons. The van der Waals surface area contributed by atoms with Gasteiger partial charge in [0, 0.05) is 6.42 Å². The molecule has 0 saturated carbocycles. The lowest BCUT2D eigenvalue weighted by Gasteiger charge is -2.10. The summed E-state index contributed by atoms with van der Waals surface area (Å²) in [6.07, 6.45) is 1.28. The molecule has 2 nitrogen and oxygen atoms in total. The van der Waals surface area contributed by atoms with Crippen molar-refractivity contribution in [2.75, 3.05) is 0 Å². The van der Waals surface area contributed by atoms with E-state index in [9.17, 15) is 9.18 Å². The average Bonchev–Trinajstić information content (AvgIpc) is 2.57. The molecule has 1 aromatic rings. The lowest BCUT2D eigenvalue weighted by atomic mass is 10.1. The van der Waals surface area contributed by atoms with Crippen LogP contribution in [0.1, 0.15) is 24.4 Å². The van der Waals surface area contributed by atoms with E-state index in [1.54, 1.807) is 12.1 Å². The van der Waals surface area contributed by atoms with E-state index < -0.39 is 5.82 Å². The van der Waals surface area contributed by atoms with Crippen molar-refractivity contribution in [3.05, 3.63) is 34.6 Å². The second-order valence-electron chi connectivity index (χ2n) is 3.33. The second-order valence-corrected chi connectivity index (χ2v) is 3.74. The Hall–Kier alpha value is -1.09. The van der Waals surface area contributed by atoms with Gasteiger partial charge < -0.3 is 5.32 Å². The highest BCUT2D eigenvalue weighted by Gasteiger charge is 2.22. The van der Waals surface area contributed by atoms with Crippen molar-refractivity contribution in [3.8, 4) is 0 Å². The molecule has 1 saturated heterocycles. The molecule has 2 rings (SSSR count). The predicted octanol–water partition coefficient (Wildman–Crippen LogP) is 2.43. The molecular formula is C10H9ClFNO. The van der Waals surface area contributed by atoms with Gasteiger partial charge in [-0.1, -0.05) is 17.7 Å². The number of carbonyl (C=O) groups excluding carboxylic acids is 1. The van der Waals surface area contributed by atoms with Gasteiger partial charge in [0.2, 0.25) is 5.91 Å². The Morgan fingerprint density at radius 2 is 2.29 bits per heavy atom. The van der Waals surface area contributed by atoms with Crippen LogP contribution in [0.25, 0.3) is 0 Å². The third-order valence-electron chi connectivity index (χ3n) is 2.34. The summed E-state index contributed by atoms with van der Waals surface area (Å²) in [4.78, 5) is 11.0. The van der Waals surface area contributed by atoms with Crippen LogP contribution in [0.5, 0.6) is 0 Å². The Bertz CT molecular complexity index is 380. The van der Waals surface area contributed by atoms with E-state index in [2.05, 4.69) is 5.32 Å². The second kappa shape index (κ2) is 3.58. The SMILES string of the molecule is O=C1CC[C@H](c2ccc(F)c(Cl)c2)N1. The van der Waals surface area contributed by atoms with Gasteiger partial charge in [-0.2, -0.15) is 0 Å². The quantitative estimate of drug-likeness (QED) is 0.763. The molecule has 0 unspecified atom stereocenters. The Morgan fingerprint density at radius 1 is 1.50 bits per heavy atom. The maximum atomic E-state index is 12.8. The third kappa shape index (κ3) is 1.73. The van der Waals surface area contributed by atoms with Gasteiger partial charge in [-0.05, 0) is 24.1 Å². The lowest BCUT2D eigenvalue weighted by molar-refractivity contribution is -0.119. The molecule has 0 aromatic heterocycles. The first-order valence-corrected chi connectivity index (χ1v) is 4.79. The van der Waals surface area contributed by atoms with Crippen LogP contribution in [0.2, 0.25) is 5.02 Å². The summed E-state index contributed by atoms with van der Waals surface area (Å²) < 4.78 is 12.8. The molecule has 1 aromatic carbocycles. The molecule has 0 radical (unpaired) electrons. The number of halogens is 2. The molecule has 0 bridgehead atoms. The largest absolute Gasteiger partial charge is 0.349 e. The topological polar surface area (TPSA) is 29.1 Å². The lowest BCUT2D eigenvalue weighted by Crippen LogP contribution is -2.18. The van der Waals surface area contributed by atoms with Gasteiger partial charge in [-0.25, -0.2) is 4.39 Å². The molecule has 14 heavy (non-hydrogen) atoms. The highest BCUT2D eigenvalue weighted by molar-refractivity contribution is 6.30. The Morgan fingerprint density at radius 3 is 2.86 bits per heavy atom. The van der Waals surface area contributed by atoms with Gasteiger partial charge in [-0.3, -0.25) is 4.79 Å². The van der Waals surface area contributed by atoms with Gasteiger partial charge >= 0.3 is 0 Å². The smallest absolute Gasteiger partial charge is 0.220 e. The van der Waals surface area contributed by atoms with E-state index in [1.165, 1.54) is 6.07 Å².